The van der Waals surface area contributed by atoms with Crippen LogP contribution in [0.1, 0.15) is 67.2 Å². The Morgan fingerprint density at radius 2 is 1.00 bits per heavy atom. The Labute approximate surface area is 192 Å². The van der Waals surface area contributed by atoms with Gasteiger partial charge in [0, 0.05) is 38.0 Å². The van der Waals surface area contributed by atoms with Crippen LogP contribution in [0.25, 0.3) is 0 Å². The Morgan fingerprint density at radius 1 is 0.656 bits per heavy atom. The molecular weight excluding hydrogens is 412 g/mol. The minimum atomic E-state index is -0.437. The average Bonchev–Trinajstić information content (AvgIpc) is 3.37. The Morgan fingerprint density at radius 3 is 1.28 bits per heavy atom. The number of amides is 2. The first-order valence-corrected chi connectivity index (χ1v) is 12.1. The average molecular weight is 455 g/mol. The number of carbonyl (C=O) groups is 2. The van der Waals surface area contributed by atoms with Gasteiger partial charge in [-0.15, -0.1) is 0 Å². The van der Waals surface area contributed by atoms with Crippen molar-refractivity contribution >= 4 is 12.2 Å². The second-order valence-corrected chi connectivity index (χ2v) is 11.9. The zero-order valence-electron chi connectivity index (χ0n) is 20.5. The number of carbonyl (C=O) groups excluding carboxylic acids is 2. The Hall–Kier alpha value is -1.54. The molecule has 0 radical (unpaired) electrons. The lowest BCUT2D eigenvalue weighted by molar-refractivity contribution is 0.0251. The van der Waals surface area contributed by atoms with Gasteiger partial charge in [0.2, 0.25) is 0 Å². The number of ether oxygens (including phenoxy) is 2. The largest absolute Gasteiger partial charge is 0.444 e. The zero-order chi connectivity index (χ0) is 23.8. The van der Waals surface area contributed by atoms with Crippen molar-refractivity contribution in [3.8, 4) is 0 Å². The van der Waals surface area contributed by atoms with Gasteiger partial charge in [0.1, 0.15) is 11.2 Å². The molecular formula is C24H42N2O6. The highest BCUT2D eigenvalue weighted by Crippen LogP contribution is 2.39. The van der Waals surface area contributed by atoms with E-state index in [-0.39, 0.29) is 36.2 Å². The number of aliphatic hydroxyl groups excluding tert-OH is 2. The van der Waals surface area contributed by atoms with Gasteiger partial charge in [0.25, 0.3) is 0 Å². The van der Waals surface area contributed by atoms with Gasteiger partial charge in [-0.05, 0) is 79.1 Å². The summed E-state index contributed by atoms with van der Waals surface area (Å²) in [6.45, 7) is 14.0. The van der Waals surface area contributed by atoms with Crippen LogP contribution in [0.5, 0.6) is 0 Å². The number of aliphatic hydroxyl groups is 2. The Balaban J connectivity index is 0.000000181. The number of hydrogen-bond acceptors (Lipinski definition) is 6. The van der Waals surface area contributed by atoms with Crippen molar-refractivity contribution in [2.45, 2.75) is 90.6 Å². The first-order chi connectivity index (χ1) is 14.7. The van der Waals surface area contributed by atoms with Crippen LogP contribution < -0.4 is 0 Å². The summed E-state index contributed by atoms with van der Waals surface area (Å²) < 4.78 is 10.7. The lowest BCUT2D eigenvalue weighted by atomic mass is 10.00. The predicted molar refractivity (Wildman–Crippen MR) is 120 cm³/mol. The molecule has 6 atom stereocenters. The third-order valence-electron chi connectivity index (χ3n) is 6.94. The van der Waals surface area contributed by atoms with E-state index in [9.17, 15) is 19.8 Å². The molecule has 32 heavy (non-hydrogen) atoms. The molecule has 0 aromatic carbocycles. The molecule has 2 saturated heterocycles. The summed E-state index contributed by atoms with van der Waals surface area (Å²) in [5, 5.41) is 19.5. The van der Waals surface area contributed by atoms with Gasteiger partial charge in [0.05, 0.1) is 12.2 Å². The molecule has 8 nitrogen and oxygen atoms in total. The molecule has 4 aliphatic rings. The van der Waals surface area contributed by atoms with E-state index in [4.69, 9.17) is 9.47 Å². The van der Waals surface area contributed by atoms with E-state index in [0.717, 1.165) is 38.8 Å². The SMILES string of the molecule is CC(C)(C)OC(=O)N1C[C@@H]2CC[C@@H](O)[C@@H]2C1.CC(C)(C)OC(=O)N1C[C@H]2CC[C@H](O)[C@H]2C1. The van der Waals surface area contributed by atoms with Crippen molar-refractivity contribution in [2.75, 3.05) is 26.2 Å². The lowest BCUT2D eigenvalue weighted by Crippen LogP contribution is -2.36. The van der Waals surface area contributed by atoms with E-state index in [1.807, 2.05) is 41.5 Å². The van der Waals surface area contributed by atoms with Gasteiger partial charge in [-0.3, -0.25) is 0 Å². The van der Waals surface area contributed by atoms with Crippen LogP contribution >= 0.6 is 0 Å². The number of hydrogen-bond donors (Lipinski definition) is 2. The Bertz CT molecular complexity index is 627. The maximum Gasteiger partial charge on any atom is 0.410 e. The molecule has 4 fully saturated rings. The second kappa shape index (κ2) is 9.37. The van der Waals surface area contributed by atoms with E-state index in [1.165, 1.54) is 0 Å². The fourth-order valence-corrected chi connectivity index (χ4v) is 5.42. The number of likely N-dealkylation sites (tertiary alicyclic amines) is 2. The molecule has 0 bridgehead atoms. The molecule has 2 aliphatic carbocycles. The predicted octanol–water partition coefficient (Wildman–Crippen LogP) is 3.25. The minimum absolute atomic E-state index is 0.225. The summed E-state index contributed by atoms with van der Waals surface area (Å²) in [6.07, 6.45) is 2.91. The summed E-state index contributed by atoms with van der Waals surface area (Å²) >= 11 is 0. The summed E-state index contributed by atoms with van der Waals surface area (Å²) in [4.78, 5) is 27.1. The summed E-state index contributed by atoms with van der Waals surface area (Å²) in [6, 6.07) is 0. The minimum Gasteiger partial charge on any atom is -0.444 e. The number of nitrogens with zero attached hydrogens (tertiary/aromatic N) is 2. The fourth-order valence-electron chi connectivity index (χ4n) is 5.42. The molecule has 0 aromatic rings. The molecule has 2 aliphatic heterocycles. The van der Waals surface area contributed by atoms with E-state index in [1.54, 1.807) is 9.80 Å². The van der Waals surface area contributed by atoms with Gasteiger partial charge in [0.15, 0.2) is 0 Å². The maximum atomic E-state index is 11.8. The van der Waals surface area contributed by atoms with Crippen LogP contribution in [0.15, 0.2) is 0 Å². The molecule has 2 saturated carbocycles. The van der Waals surface area contributed by atoms with Crippen LogP contribution in [-0.4, -0.2) is 81.8 Å². The highest BCUT2D eigenvalue weighted by molar-refractivity contribution is 5.69. The topological polar surface area (TPSA) is 99.5 Å². The van der Waals surface area contributed by atoms with Gasteiger partial charge in [-0.25, -0.2) is 9.59 Å². The monoisotopic (exact) mass is 454 g/mol. The van der Waals surface area contributed by atoms with Crippen LogP contribution in [0.2, 0.25) is 0 Å². The van der Waals surface area contributed by atoms with Crippen molar-refractivity contribution in [3.05, 3.63) is 0 Å². The second-order valence-electron chi connectivity index (χ2n) is 11.9. The number of fused-ring (bicyclic) bond motifs is 2. The molecule has 4 rings (SSSR count). The zero-order valence-corrected chi connectivity index (χ0v) is 20.5. The van der Waals surface area contributed by atoms with Crippen LogP contribution in [-0.2, 0) is 9.47 Å². The highest BCUT2D eigenvalue weighted by atomic mass is 16.6. The van der Waals surface area contributed by atoms with Crippen molar-refractivity contribution in [1.82, 2.24) is 9.80 Å². The van der Waals surface area contributed by atoms with Gasteiger partial charge in [-0.1, -0.05) is 0 Å². The lowest BCUT2D eigenvalue weighted by Gasteiger charge is -2.25. The first-order valence-electron chi connectivity index (χ1n) is 12.1. The van der Waals surface area contributed by atoms with Crippen molar-refractivity contribution < 1.29 is 29.3 Å². The fraction of sp³-hybridized carbons (Fsp3) is 0.917. The quantitative estimate of drug-likeness (QED) is 0.583. The summed E-state index contributed by atoms with van der Waals surface area (Å²) in [7, 11) is 0. The molecule has 8 heteroatoms. The maximum absolute atomic E-state index is 11.8. The standard InChI is InChI=1S/2C12H21NO3/c2*1-12(2,3)16-11(15)13-6-8-4-5-10(14)9(8)7-13/h2*8-10,14H,4-7H2,1-3H3/t2*8-,9+,10+/m10/s1. The molecule has 2 N–H and O–H groups in total. The van der Waals surface area contributed by atoms with E-state index in [0.29, 0.717) is 24.9 Å². The normalized spacial score (nSPS) is 34.0. The van der Waals surface area contributed by atoms with Crippen LogP contribution in [0, 0.1) is 23.7 Å². The Kier molecular flexibility index (Phi) is 7.35. The van der Waals surface area contributed by atoms with Crippen molar-refractivity contribution in [1.29, 1.82) is 0 Å². The molecule has 0 unspecified atom stereocenters. The third-order valence-corrected chi connectivity index (χ3v) is 6.94. The van der Waals surface area contributed by atoms with E-state index in [2.05, 4.69) is 0 Å². The van der Waals surface area contributed by atoms with Gasteiger partial charge in [-0.2, -0.15) is 0 Å². The van der Waals surface area contributed by atoms with Crippen molar-refractivity contribution in [2.24, 2.45) is 23.7 Å². The molecule has 2 heterocycles. The van der Waals surface area contributed by atoms with E-state index < -0.39 is 11.2 Å². The van der Waals surface area contributed by atoms with E-state index >= 15 is 0 Å². The molecule has 184 valence electrons. The summed E-state index contributed by atoms with van der Waals surface area (Å²) in [5.74, 6) is 1.49. The van der Waals surface area contributed by atoms with Gasteiger partial charge < -0.3 is 29.5 Å². The van der Waals surface area contributed by atoms with Crippen molar-refractivity contribution in [3.63, 3.8) is 0 Å². The summed E-state index contributed by atoms with van der Waals surface area (Å²) in [5.41, 5.74) is -0.874. The van der Waals surface area contributed by atoms with Crippen LogP contribution in [0.4, 0.5) is 9.59 Å². The number of rotatable bonds is 0. The smallest absolute Gasteiger partial charge is 0.410 e. The van der Waals surface area contributed by atoms with Gasteiger partial charge >= 0.3 is 12.2 Å². The molecule has 0 spiro atoms. The third kappa shape index (κ3) is 6.28. The first kappa shape index (κ1) is 25.1. The molecule has 2 amide bonds. The van der Waals surface area contributed by atoms with Crippen LogP contribution in [0.3, 0.4) is 0 Å². The highest BCUT2D eigenvalue weighted by Gasteiger charge is 2.45. The molecule has 0 aromatic heterocycles.